The molecule has 0 aliphatic heterocycles. The van der Waals surface area contributed by atoms with Crippen LogP contribution in [0.4, 0.5) is 0 Å². The molecule has 0 heterocycles. The van der Waals surface area contributed by atoms with Crippen LogP contribution in [0, 0.1) is 5.92 Å². The van der Waals surface area contributed by atoms with E-state index in [0.29, 0.717) is 12.8 Å². The van der Waals surface area contributed by atoms with Gasteiger partial charge in [-0.3, -0.25) is 0 Å². The minimum atomic E-state index is -0.474. The van der Waals surface area contributed by atoms with Crippen molar-refractivity contribution in [2.45, 2.75) is 91.4 Å². The third-order valence-electron chi connectivity index (χ3n) is 3.72. The predicted octanol–water partition coefficient (Wildman–Crippen LogP) is 4.95. The topological polar surface area (TPSA) is 52.6 Å². The van der Waals surface area contributed by atoms with Gasteiger partial charge in [-0.05, 0) is 12.8 Å². The average molecular weight is 300 g/mol. The maximum Gasteiger partial charge on any atom is 0.358 e. The first kappa shape index (κ1) is 19.9. The molecule has 0 bridgehead atoms. The van der Waals surface area contributed by atoms with Gasteiger partial charge in [0.2, 0.25) is 0 Å². The van der Waals surface area contributed by atoms with Crippen molar-refractivity contribution in [2.24, 2.45) is 5.92 Å². The van der Waals surface area contributed by atoms with Gasteiger partial charge in [-0.15, -0.1) is 0 Å². The molecule has 4 heteroatoms. The van der Waals surface area contributed by atoms with Crippen molar-refractivity contribution < 1.29 is 19.4 Å². The van der Waals surface area contributed by atoms with E-state index in [9.17, 15) is 9.59 Å². The van der Waals surface area contributed by atoms with Crippen molar-refractivity contribution in [2.75, 3.05) is 0 Å². The van der Waals surface area contributed by atoms with E-state index in [-0.39, 0.29) is 5.92 Å². The molecule has 0 amide bonds. The first-order valence-corrected chi connectivity index (χ1v) is 8.53. The summed E-state index contributed by atoms with van der Waals surface area (Å²) in [7, 11) is 0. The molecule has 0 rings (SSSR count). The molecule has 124 valence electrons. The molecule has 0 spiro atoms. The average Bonchev–Trinajstić information content (AvgIpc) is 2.50. The van der Waals surface area contributed by atoms with E-state index in [2.05, 4.69) is 16.7 Å². The molecule has 4 nitrogen and oxygen atoms in total. The zero-order chi connectivity index (χ0) is 15.9. The van der Waals surface area contributed by atoms with Gasteiger partial charge < -0.3 is 0 Å². The quantitative estimate of drug-likeness (QED) is 0.290. The van der Waals surface area contributed by atoms with Crippen LogP contribution >= 0.6 is 0 Å². The second kappa shape index (κ2) is 13.9. The lowest BCUT2D eigenvalue weighted by molar-refractivity contribution is -0.262. The Kier molecular flexibility index (Phi) is 13.2. The van der Waals surface area contributed by atoms with Crippen LogP contribution in [0.5, 0.6) is 0 Å². The van der Waals surface area contributed by atoms with Crippen LogP contribution in [-0.4, -0.2) is 11.9 Å². The molecule has 0 radical (unpaired) electrons. The highest BCUT2D eigenvalue weighted by atomic mass is 17.2. The van der Waals surface area contributed by atoms with Gasteiger partial charge in [-0.1, -0.05) is 72.1 Å². The molecule has 0 N–H and O–H groups in total. The standard InChI is InChI=1S/C17H32O4/c1-4-6-7-8-9-10-11-12-13-14-16(18)20-21-17(19)15(3)5-2/h15H,4-14H2,1-3H3. The van der Waals surface area contributed by atoms with E-state index >= 15 is 0 Å². The van der Waals surface area contributed by atoms with E-state index in [4.69, 9.17) is 0 Å². The fourth-order valence-corrected chi connectivity index (χ4v) is 1.96. The highest BCUT2D eigenvalue weighted by Crippen LogP contribution is 2.11. The van der Waals surface area contributed by atoms with Crippen LogP contribution in [0.15, 0.2) is 0 Å². The molecule has 0 aromatic carbocycles. The summed E-state index contributed by atoms with van der Waals surface area (Å²) < 4.78 is 0. The van der Waals surface area contributed by atoms with Crippen molar-refractivity contribution in [3.8, 4) is 0 Å². The third-order valence-corrected chi connectivity index (χ3v) is 3.72. The highest BCUT2D eigenvalue weighted by Gasteiger charge is 2.15. The Balaban J connectivity index is 3.36. The first-order chi connectivity index (χ1) is 10.1. The Morgan fingerprint density at radius 3 is 1.86 bits per heavy atom. The van der Waals surface area contributed by atoms with Crippen LogP contribution in [0.3, 0.4) is 0 Å². The van der Waals surface area contributed by atoms with Gasteiger partial charge in [0.15, 0.2) is 0 Å². The highest BCUT2D eigenvalue weighted by molar-refractivity contribution is 5.74. The van der Waals surface area contributed by atoms with Crippen molar-refractivity contribution >= 4 is 11.9 Å². The summed E-state index contributed by atoms with van der Waals surface area (Å²) >= 11 is 0. The van der Waals surface area contributed by atoms with Crippen LogP contribution in [-0.2, 0) is 19.4 Å². The van der Waals surface area contributed by atoms with E-state index in [1.165, 1.54) is 38.5 Å². The molecule has 0 saturated carbocycles. The monoisotopic (exact) mass is 300 g/mol. The van der Waals surface area contributed by atoms with E-state index in [0.717, 1.165) is 19.3 Å². The molecule has 0 aliphatic carbocycles. The van der Waals surface area contributed by atoms with Crippen LogP contribution < -0.4 is 0 Å². The van der Waals surface area contributed by atoms with Crippen molar-refractivity contribution in [3.63, 3.8) is 0 Å². The maximum atomic E-state index is 11.4. The lowest BCUT2D eigenvalue weighted by atomic mass is 10.1. The Hall–Kier alpha value is -1.06. The summed E-state index contributed by atoms with van der Waals surface area (Å²) in [6.07, 6.45) is 11.8. The first-order valence-electron chi connectivity index (χ1n) is 8.53. The number of carbonyl (C=O) groups excluding carboxylic acids is 2. The van der Waals surface area contributed by atoms with Gasteiger partial charge in [0.05, 0.1) is 12.3 Å². The van der Waals surface area contributed by atoms with Crippen LogP contribution in [0.25, 0.3) is 0 Å². The number of hydrogen-bond acceptors (Lipinski definition) is 4. The molecule has 0 aromatic heterocycles. The summed E-state index contributed by atoms with van der Waals surface area (Å²) in [4.78, 5) is 31.7. The molecule has 0 fully saturated rings. The SMILES string of the molecule is CCCCCCCCCCCC(=O)OOC(=O)C(C)CC. The van der Waals surface area contributed by atoms with Crippen molar-refractivity contribution in [1.82, 2.24) is 0 Å². The summed E-state index contributed by atoms with van der Waals surface area (Å²) in [5, 5.41) is 0. The zero-order valence-corrected chi connectivity index (χ0v) is 14.0. The number of hydrogen-bond donors (Lipinski definition) is 0. The van der Waals surface area contributed by atoms with Crippen molar-refractivity contribution in [1.29, 1.82) is 0 Å². The minimum Gasteiger partial charge on any atom is -0.247 e. The van der Waals surface area contributed by atoms with Gasteiger partial charge in [0.25, 0.3) is 0 Å². The largest absolute Gasteiger partial charge is 0.358 e. The third kappa shape index (κ3) is 12.4. The van der Waals surface area contributed by atoms with E-state index in [1.807, 2.05) is 6.92 Å². The Morgan fingerprint density at radius 1 is 0.810 bits per heavy atom. The molecule has 0 aliphatic rings. The summed E-state index contributed by atoms with van der Waals surface area (Å²) in [6, 6.07) is 0. The summed E-state index contributed by atoms with van der Waals surface area (Å²) in [6.45, 7) is 5.85. The normalized spacial score (nSPS) is 12.0. The Morgan fingerprint density at radius 2 is 1.33 bits per heavy atom. The minimum absolute atomic E-state index is 0.231. The summed E-state index contributed by atoms with van der Waals surface area (Å²) in [5.74, 6) is -1.15. The molecule has 21 heavy (non-hydrogen) atoms. The van der Waals surface area contributed by atoms with Gasteiger partial charge in [-0.25, -0.2) is 19.4 Å². The molecule has 1 atom stereocenters. The molecular weight excluding hydrogens is 268 g/mol. The van der Waals surface area contributed by atoms with Crippen molar-refractivity contribution in [3.05, 3.63) is 0 Å². The molecule has 0 saturated heterocycles. The molecule has 1 unspecified atom stereocenters. The summed E-state index contributed by atoms with van der Waals surface area (Å²) in [5.41, 5.74) is 0. The fourth-order valence-electron chi connectivity index (χ4n) is 1.96. The van der Waals surface area contributed by atoms with E-state index in [1.54, 1.807) is 6.92 Å². The second-order valence-corrected chi connectivity index (χ2v) is 5.75. The maximum absolute atomic E-state index is 11.4. The van der Waals surface area contributed by atoms with Gasteiger partial charge in [0.1, 0.15) is 0 Å². The molecule has 0 aromatic rings. The number of unbranched alkanes of at least 4 members (excludes halogenated alkanes) is 8. The Labute approximate surface area is 129 Å². The predicted molar refractivity (Wildman–Crippen MR) is 83.5 cm³/mol. The van der Waals surface area contributed by atoms with Gasteiger partial charge in [0, 0.05) is 0 Å². The molecular formula is C17H32O4. The van der Waals surface area contributed by atoms with Crippen LogP contribution in [0.1, 0.15) is 91.4 Å². The fraction of sp³-hybridized carbons (Fsp3) is 0.882. The van der Waals surface area contributed by atoms with E-state index < -0.39 is 11.9 Å². The smallest absolute Gasteiger partial charge is 0.247 e. The van der Waals surface area contributed by atoms with Gasteiger partial charge >= 0.3 is 11.9 Å². The lowest BCUT2D eigenvalue weighted by Gasteiger charge is -2.07. The zero-order valence-electron chi connectivity index (χ0n) is 14.0. The number of carbonyl (C=O) groups is 2. The number of rotatable bonds is 12. The van der Waals surface area contributed by atoms with Crippen LogP contribution in [0.2, 0.25) is 0 Å². The van der Waals surface area contributed by atoms with Gasteiger partial charge in [-0.2, -0.15) is 0 Å². The second-order valence-electron chi connectivity index (χ2n) is 5.75. The lowest BCUT2D eigenvalue weighted by Crippen LogP contribution is -2.17. The Bertz CT molecular complexity index is 276.